The van der Waals surface area contributed by atoms with E-state index in [2.05, 4.69) is 87.3 Å². The smallest absolute Gasteiger partial charge is 0.0731 e. The van der Waals surface area contributed by atoms with Gasteiger partial charge in [0.1, 0.15) is 0 Å². The minimum absolute atomic E-state index is 0.498. The van der Waals surface area contributed by atoms with Gasteiger partial charge < -0.3 is 0 Å². The van der Waals surface area contributed by atoms with Crippen molar-refractivity contribution in [3.8, 4) is 0 Å². The molecule has 0 spiro atoms. The lowest BCUT2D eigenvalue weighted by molar-refractivity contribution is 0.508. The Morgan fingerprint density at radius 1 is 0.920 bits per heavy atom. The largest absolute Gasteiger partial charge is 0.265 e. The third kappa shape index (κ3) is 4.50. The first-order chi connectivity index (χ1) is 12.0. The quantitative estimate of drug-likeness (QED) is 0.654. The lowest BCUT2D eigenvalue weighted by atomic mass is 9.90. The Labute approximate surface area is 152 Å². The van der Waals surface area contributed by atoms with Gasteiger partial charge in [0.05, 0.1) is 17.9 Å². The first kappa shape index (κ1) is 17.7. The third-order valence-corrected chi connectivity index (χ3v) is 4.71. The summed E-state index contributed by atoms with van der Waals surface area (Å²) in [5, 5.41) is 7.19. The zero-order valence-corrected chi connectivity index (χ0v) is 15.9. The fraction of sp³-hybridized carbons (Fsp3) is 0.435. The highest BCUT2D eigenvalue weighted by molar-refractivity contribution is 6.04. The summed E-state index contributed by atoms with van der Waals surface area (Å²) in [5.74, 6) is 1.86. The third-order valence-electron chi connectivity index (χ3n) is 4.71. The van der Waals surface area contributed by atoms with Gasteiger partial charge in [-0.3, -0.25) is 5.01 Å². The summed E-state index contributed by atoms with van der Waals surface area (Å²) in [4.78, 5) is 0. The highest BCUT2D eigenvalue weighted by Crippen LogP contribution is 2.29. The Morgan fingerprint density at radius 2 is 1.60 bits per heavy atom. The molecule has 0 fully saturated rings. The molecule has 1 heterocycles. The van der Waals surface area contributed by atoms with Gasteiger partial charge in [-0.15, -0.1) is 0 Å². The van der Waals surface area contributed by atoms with Crippen molar-refractivity contribution in [1.29, 1.82) is 0 Å². The van der Waals surface area contributed by atoms with Crippen LogP contribution in [0.3, 0.4) is 0 Å². The van der Waals surface area contributed by atoms with Crippen LogP contribution in [-0.4, -0.2) is 12.3 Å². The molecule has 0 amide bonds. The van der Waals surface area contributed by atoms with E-state index in [0.717, 1.165) is 13.0 Å². The second-order valence-corrected chi connectivity index (χ2v) is 8.02. The first-order valence-electron chi connectivity index (χ1n) is 9.53. The van der Waals surface area contributed by atoms with Crippen molar-refractivity contribution < 1.29 is 0 Å². The number of anilines is 1. The predicted molar refractivity (Wildman–Crippen MR) is 108 cm³/mol. The van der Waals surface area contributed by atoms with Gasteiger partial charge in [0, 0.05) is 5.92 Å². The van der Waals surface area contributed by atoms with Gasteiger partial charge in [-0.25, -0.2) is 0 Å². The molecule has 1 atom stereocenters. The molecular weight excluding hydrogens is 304 g/mol. The van der Waals surface area contributed by atoms with Gasteiger partial charge in [0.15, 0.2) is 0 Å². The standard InChI is InChI=1S/C23H30N2/c1-17(2)14-19-10-12-22(13-11-19)25-16-21(15-18(3)4)23(24-25)20-8-6-5-7-9-20/h5-13,17-18,21H,14-16H2,1-4H3. The molecule has 0 aromatic heterocycles. The van der Waals surface area contributed by atoms with Gasteiger partial charge in [-0.1, -0.05) is 70.2 Å². The van der Waals surface area contributed by atoms with Crippen LogP contribution >= 0.6 is 0 Å². The lowest BCUT2D eigenvalue weighted by Gasteiger charge is -2.18. The summed E-state index contributed by atoms with van der Waals surface area (Å²) in [6, 6.07) is 19.6. The molecule has 25 heavy (non-hydrogen) atoms. The molecule has 3 rings (SSSR count). The van der Waals surface area contributed by atoms with Gasteiger partial charge in [0.25, 0.3) is 0 Å². The van der Waals surface area contributed by atoms with E-state index in [1.165, 1.54) is 28.9 Å². The molecule has 0 saturated heterocycles. The summed E-state index contributed by atoms with van der Waals surface area (Å²) in [7, 11) is 0. The zero-order valence-electron chi connectivity index (χ0n) is 15.9. The number of hydrogen-bond donors (Lipinski definition) is 0. The van der Waals surface area contributed by atoms with Crippen molar-refractivity contribution >= 4 is 11.4 Å². The minimum Gasteiger partial charge on any atom is -0.265 e. The number of hydrazone groups is 1. The Hall–Kier alpha value is -2.09. The van der Waals surface area contributed by atoms with E-state index < -0.39 is 0 Å². The first-order valence-corrected chi connectivity index (χ1v) is 9.53. The average molecular weight is 335 g/mol. The Balaban J connectivity index is 1.83. The maximum absolute atomic E-state index is 5.00. The van der Waals surface area contributed by atoms with Gasteiger partial charge in [-0.05, 0) is 47.9 Å². The molecule has 132 valence electrons. The van der Waals surface area contributed by atoms with Gasteiger partial charge in [0.2, 0.25) is 0 Å². The lowest BCUT2D eigenvalue weighted by Crippen LogP contribution is -2.21. The van der Waals surface area contributed by atoms with E-state index in [9.17, 15) is 0 Å². The highest BCUT2D eigenvalue weighted by atomic mass is 15.5. The Morgan fingerprint density at radius 3 is 2.20 bits per heavy atom. The van der Waals surface area contributed by atoms with E-state index in [-0.39, 0.29) is 0 Å². The molecule has 0 aliphatic carbocycles. The fourth-order valence-electron chi connectivity index (χ4n) is 3.64. The van der Waals surface area contributed by atoms with Crippen molar-refractivity contribution in [2.24, 2.45) is 22.9 Å². The molecule has 1 aliphatic rings. The van der Waals surface area contributed by atoms with Crippen LogP contribution in [0.2, 0.25) is 0 Å². The SMILES string of the molecule is CC(C)Cc1ccc(N2CC(CC(C)C)C(c3ccccc3)=N2)cc1. The number of nitrogens with zero attached hydrogens (tertiary/aromatic N) is 2. The molecule has 1 unspecified atom stereocenters. The number of hydrogen-bond acceptors (Lipinski definition) is 2. The molecule has 2 aromatic carbocycles. The molecule has 2 nitrogen and oxygen atoms in total. The molecule has 0 radical (unpaired) electrons. The summed E-state index contributed by atoms with van der Waals surface area (Å²) in [6.07, 6.45) is 2.31. The molecule has 0 saturated carbocycles. The van der Waals surface area contributed by atoms with Crippen molar-refractivity contribution in [3.05, 3.63) is 65.7 Å². The maximum Gasteiger partial charge on any atom is 0.0731 e. The summed E-state index contributed by atoms with van der Waals surface area (Å²) >= 11 is 0. The van der Waals surface area contributed by atoms with Crippen LogP contribution in [0.4, 0.5) is 5.69 Å². The fourth-order valence-corrected chi connectivity index (χ4v) is 3.64. The normalized spacial score (nSPS) is 17.4. The molecule has 2 heteroatoms. The second-order valence-electron chi connectivity index (χ2n) is 8.02. The van der Waals surface area contributed by atoms with Crippen LogP contribution in [0.25, 0.3) is 0 Å². The van der Waals surface area contributed by atoms with Crippen molar-refractivity contribution in [2.45, 2.75) is 40.5 Å². The number of rotatable bonds is 6. The van der Waals surface area contributed by atoms with E-state index in [0.29, 0.717) is 17.8 Å². The van der Waals surface area contributed by atoms with E-state index in [1.54, 1.807) is 0 Å². The topological polar surface area (TPSA) is 15.6 Å². The van der Waals surface area contributed by atoms with Crippen molar-refractivity contribution in [2.75, 3.05) is 11.6 Å². The molecule has 2 aromatic rings. The second kappa shape index (κ2) is 7.86. The summed E-state index contributed by atoms with van der Waals surface area (Å²) < 4.78 is 0. The van der Waals surface area contributed by atoms with Crippen molar-refractivity contribution in [1.82, 2.24) is 0 Å². The van der Waals surface area contributed by atoms with E-state index in [1.807, 2.05) is 0 Å². The van der Waals surface area contributed by atoms with Gasteiger partial charge >= 0.3 is 0 Å². The van der Waals surface area contributed by atoms with E-state index >= 15 is 0 Å². The predicted octanol–water partition coefficient (Wildman–Crippen LogP) is 5.77. The minimum atomic E-state index is 0.498. The molecule has 0 bridgehead atoms. The van der Waals surface area contributed by atoms with Crippen LogP contribution < -0.4 is 5.01 Å². The molecule has 0 N–H and O–H groups in total. The molecular formula is C23H30N2. The van der Waals surface area contributed by atoms with Crippen LogP contribution in [-0.2, 0) is 6.42 Å². The summed E-state index contributed by atoms with van der Waals surface area (Å²) in [6.45, 7) is 10.1. The average Bonchev–Trinajstić information content (AvgIpc) is 2.99. The van der Waals surface area contributed by atoms with Crippen LogP contribution in [0.1, 0.15) is 45.2 Å². The summed E-state index contributed by atoms with van der Waals surface area (Å²) in [5.41, 5.74) is 5.10. The van der Waals surface area contributed by atoms with Crippen LogP contribution in [0, 0.1) is 17.8 Å². The van der Waals surface area contributed by atoms with Crippen LogP contribution in [0.5, 0.6) is 0 Å². The van der Waals surface area contributed by atoms with Crippen LogP contribution in [0.15, 0.2) is 59.7 Å². The highest BCUT2D eigenvalue weighted by Gasteiger charge is 2.28. The Kier molecular flexibility index (Phi) is 5.57. The van der Waals surface area contributed by atoms with Gasteiger partial charge in [-0.2, -0.15) is 5.10 Å². The molecule has 1 aliphatic heterocycles. The maximum atomic E-state index is 5.00. The monoisotopic (exact) mass is 334 g/mol. The zero-order chi connectivity index (χ0) is 17.8. The number of benzene rings is 2. The van der Waals surface area contributed by atoms with E-state index in [4.69, 9.17) is 5.10 Å². The van der Waals surface area contributed by atoms with Crippen molar-refractivity contribution in [3.63, 3.8) is 0 Å². The Bertz CT molecular complexity index is 699.